The van der Waals surface area contributed by atoms with E-state index >= 15 is 0 Å². The van der Waals surface area contributed by atoms with Crippen molar-refractivity contribution in [1.29, 1.82) is 0 Å². The summed E-state index contributed by atoms with van der Waals surface area (Å²) in [7, 11) is 0. The van der Waals surface area contributed by atoms with Crippen LogP contribution in [0.5, 0.6) is 0 Å². The van der Waals surface area contributed by atoms with Crippen LogP contribution in [-0.2, 0) is 6.54 Å². The third kappa shape index (κ3) is 2.30. The smallest absolute Gasteiger partial charge is 0.107 e. The first-order valence-corrected chi connectivity index (χ1v) is 6.47. The van der Waals surface area contributed by atoms with Gasteiger partial charge in [0.1, 0.15) is 5.01 Å². The molecule has 1 aromatic heterocycles. The fourth-order valence-electron chi connectivity index (χ4n) is 1.57. The molecular formula is C9H13BrN2S. The van der Waals surface area contributed by atoms with E-state index in [4.69, 9.17) is 0 Å². The van der Waals surface area contributed by atoms with Crippen LogP contribution >= 0.6 is 27.3 Å². The van der Waals surface area contributed by atoms with Gasteiger partial charge in [-0.2, -0.15) is 0 Å². The highest BCUT2D eigenvalue weighted by atomic mass is 79.9. The van der Waals surface area contributed by atoms with Gasteiger partial charge in [0.15, 0.2) is 0 Å². The van der Waals surface area contributed by atoms with Crippen LogP contribution in [-0.4, -0.2) is 28.3 Å². The number of aromatic nitrogens is 1. The number of halogens is 1. The predicted octanol–water partition coefficient (Wildman–Crippen LogP) is 2.28. The van der Waals surface area contributed by atoms with Gasteiger partial charge in [0.25, 0.3) is 0 Å². The predicted molar refractivity (Wildman–Crippen MR) is 59.4 cm³/mol. The van der Waals surface area contributed by atoms with Gasteiger partial charge >= 0.3 is 0 Å². The van der Waals surface area contributed by atoms with Gasteiger partial charge < -0.3 is 0 Å². The van der Waals surface area contributed by atoms with Crippen molar-refractivity contribution < 1.29 is 0 Å². The Labute approximate surface area is 91.1 Å². The molecule has 0 unspecified atom stereocenters. The largest absolute Gasteiger partial charge is 0.296 e. The molecule has 0 aromatic carbocycles. The molecule has 0 radical (unpaired) electrons. The van der Waals surface area contributed by atoms with Crippen molar-refractivity contribution in [3.05, 3.63) is 16.1 Å². The standard InChI is InChI=1S/C9H13BrN2S/c1-7-6-13-9(11-7)5-12-3-8(2-10)4-12/h6,8H,2-5H2,1H3. The van der Waals surface area contributed by atoms with Crippen LogP contribution in [0.15, 0.2) is 5.38 Å². The van der Waals surface area contributed by atoms with E-state index in [0.29, 0.717) is 0 Å². The summed E-state index contributed by atoms with van der Waals surface area (Å²) in [5.74, 6) is 0.862. The van der Waals surface area contributed by atoms with E-state index in [1.807, 2.05) is 0 Å². The molecule has 1 aliphatic heterocycles. The van der Waals surface area contributed by atoms with E-state index in [2.05, 4.69) is 38.1 Å². The Morgan fingerprint density at radius 2 is 2.46 bits per heavy atom. The molecule has 2 heterocycles. The Hall–Kier alpha value is 0.0700. The Morgan fingerprint density at radius 3 is 3.00 bits per heavy atom. The number of hydrogen-bond acceptors (Lipinski definition) is 3. The summed E-state index contributed by atoms with van der Waals surface area (Å²) in [4.78, 5) is 6.90. The zero-order chi connectivity index (χ0) is 9.26. The number of hydrogen-bond donors (Lipinski definition) is 0. The van der Waals surface area contributed by atoms with E-state index in [9.17, 15) is 0 Å². The quantitative estimate of drug-likeness (QED) is 0.776. The molecule has 0 N–H and O–H groups in total. The van der Waals surface area contributed by atoms with Crippen molar-refractivity contribution in [3.63, 3.8) is 0 Å². The van der Waals surface area contributed by atoms with E-state index in [1.165, 1.54) is 18.1 Å². The van der Waals surface area contributed by atoms with Gasteiger partial charge in [0.05, 0.1) is 6.54 Å². The van der Waals surface area contributed by atoms with Crippen LogP contribution in [0.4, 0.5) is 0 Å². The van der Waals surface area contributed by atoms with Crippen LogP contribution in [0.1, 0.15) is 10.7 Å². The van der Waals surface area contributed by atoms with Gasteiger partial charge in [0.2, 0.25) is 0 Å². The average Bonchev–Trinajstić information content (AvgIpc) is 2.43. The molecule has 0 bridgehead atoms. The SMILES string of the molecule is Cc1csc(CN2CC(CBr)C2)n1. The first-order chi connectivity index (χ1) is 6.28. The van der Waals surface area contributed by atoms with E-state index in [1.54, 1.807) is 11.3 Å². The van der Waals surface area contributed by atoms with Gasteiger partial charge in [-0.25, -0.2) is 4.98 Å². The Balaban J connectivity index is 1.81. The minimum atomic E-state index is 0.862. The number of thiazole rings is 1. The molecule has 13 heavy (non-hydrogen) atoms. The fourth-order valence-corrected chi connectivity index (χ4v) is 2.79. The number of likely N-dealkylation sites (tertiary alicyclic amines) is 1. The lowest BCUT2D eigenvalue weighted by atomic mass is 10.0. The van der Waals surface area contributed by atoms with Crippen molar-refractivity contribution in [2.24, 2.45) is 5.92 Å². The van der Waals surface area contributed by atoms with E-state index in [0.717, 1.165) is 23.5 Å². The first-order valence-electron chi connectivity index (χ1n) is 4.47. The van der Waals surface area contributed by atoms with Crippen molar-refractivity contribution in [2.75, 3.05) is 18.4 Å². The van der Waals surface area contributed by atoms with Crippen molar-refractivity contribution >= 4 is 27.3 Å². The summed E-state index contributed by atoms with van der Waals surface area (Å²) in [6, 6.07) is 0. The molecule has 0 amide bonds. The molecule has 1 fully saturated rings. The monoisotopic (exact) mass is 260 g/mol. The summed E-state index contributed by atoms with van der Waals surface area (Å²) in [5.41, 5.74) is 1.15. The van der Waals surface area contributed by atoms with Crippen LogP contribution < -0.4 is 0 Å². The Bertz CT molecular complexity index is 281. The van der Waals surface area contributed by atoms with Gasteiger partial charge in [-0.05, 0) is 12.8 Å². The fraction of sp³-hybridized carbons (Fsp3) is 0.667. The van der Waals surface area contributed by atoms with Crippen LogP contribution in [0.3, 0.4) is 0 Å². The van der Waals surface area contributed by atoms with Crippen molar-refractivity contribution in [2.45, 2.75) is 13.5 Å². The minimum absolute atomic E-state index is 0.862. The molecule has 72 valence electrons. The summed E-state index contributed by atoms with van der Waals surface area (Å²) in [6.07, 6.45) is 0. The maximum atomic E-state index is 4.45. The van der Waals surface area contributed by atoms with Crippen molar-refractivity contribution in [1.82, 2.24) is 9.88 Å². The Morgan fingerprint density at radius 1 is 1.69 bits per heavy atom. The van der Waals surface area contributed by atoms with Gasteiger partial charge in [-0.1, -0.05) is 15.9 Å². The normalized spacial score (nSPS) is 18.9. The highest BCUT2D eigenvalue weighted by molar-refractivity contribution is 9.09. The lowest BCUT2D eigenvalue weighted by Gasteiger charge is -2.37. The lowest BCUT2D eigenvalue weighted by Crippen LogP contribution is -2.46. The lowest BCUT2D eigenvalue weighted by molar-refractivity contribution is 0.108. The molecule has 2 rings (SSSR count). The summed E-state index contributed by atoms with van der Waals surface area (Å²) in [6.45, 7) is 5.55. The molecule has 0 atom stereocenters. The van der Waals surface area contributed by atoms with Crippen LogP contribution in [0.25, 0.3) is 0 Å². The number of rotatable bonds is 3. The number of aryl methyl sites for hydroxylation is 1. The molecular weight excluding hydrogens is 248 g/mol. The van der Waals surface area contributed by atoms with Crippen LogP contribution in [0, 0.1) is 12.8 Å². The second kappa shape index (κ2) is 4.07. The zero-order valence-corrected chi connectivity index (χ0v) is 10.1. The van der Waals surface area contributed by atoms with Crippen molar-refractivity contribution in [3.8, 4) is 0 Å². The maximum absolute atomic E-state index is 4.45. The second-order valence-corrected chi connectivity index (χ2v) is 5.19. The Kier molecular flexibility index (Phi) is 3.01. The highest BCUT2D eigenvalue weighted by Crippen LogP contribution is 2.21. The van der Waals surface area contributed by atoms with E-state index < -0.39 is 0 Å². The molecule has 2 nitrogen and oxygen atoms in total. The van der Waals surface area contributed by atoms with E-state index in [-0.39, 0.29) is 0 Å². The molecule has 0 aliphatic carbocycles. The third-order valence-corrected chi connectivity index (χ3v) is 4.14. The maximum Gasteiger partial charge on any atom is 0.107 e. The highest BCUT2D eigenvalue weighted by Gasteiger charge is 2.25. The van der Waals surface area contributed by atoms with Gasteiger partial charge in [0, 0.05) is 29.5 Å². The van der Waals surface area contributed by atoms with Gasteiger partial charge in [-0.15, -0.1) is 11.3 Å². The topological polar surface area (TPSA) is 16.1 Å². The minimum Gasteiger partial charge on any atom is -0.296 e. The van der Waals surface area contributed by atoms with Gasteiger partial charge in [-0.3, -0.25) is 4.90 Å². The summed E-state index contributed by atoms with van der Waals surface area (Å²) < 4.78 is 0. The zero-order valence-electron chi connectivity index (χ0n) is 7.66. The molecule has 1 aliphatic rings. The average molecular weight is 261 g/mol. The third-order valence-electron chi connectivity index (χ3n) is 2.28. The first kappa shape index (κ1) is 9.62. The summed E-state index contributed by atoms with van der Waals surface area (Å²) >= 11 is 5.28. The number of alkyl halides is 1. The molecule has 0 spiro atoms. The van der Waals surface area contributed by atoms with Crippen LogP contribution in [0.2, 0.25) is 0 Å². The number of nitrogens with zero attached hydrogens (tertiary/aromatic N) is 2. The molecule has 0 saturated carbocycles. The molecule has 4 heteroatoms. The molecule has 1 saturated heterocycles. The second-order valence-electron chi connectivity index (χ2n) is 3.60. The molecule has 1 aromatic rings. The summed E-state index contributed by atoms with van der Waals surface area (Å²) in [5, 5.41) is 4.52.